The maximum Gasteiger partial charge on any atom is 0.248 e. The molecule has 1 heterocycles. The first-order chi connectivity index (χ1) is 14.6. The molecule has 2 aliphatic rings. The van der Waals surface area contributed by atoms with Gasteiger partial charge in [-0.1, -0.05) is 42.5 Å². The fourth-order valence-corrected chi connectivity index (χ4v) is 4.01. The number of amides is 2. The van der Waals surface area contributed by atoms with Crippen molar-refractivity contribution >= 4 is 11.8 Å². The molecule has 1 aliphatic heterocycles. The number of hydrogen-bond donors (Lipinski definition) is 1. The summed E-state index contributed by atoms with van der Waals surface area (Å²) in [6.07, 6.45) is 2.16. The molecule has 0 radical (unpaired) electrons. The highest BCUT2D eigenvalue weighted by molar-refractivity contribution is 5.92. The maximum absolute atomic E-state index is 13.0. The van der Waals surface area contributed by atoms with Gasteiger partial charge in [-0.25, -0.2) is 0 Å². The van der Waals surface area contributed by atoms with E-state index in [0.29, 0.717) is 24.7 Å². The van der Waals surface area contributed by atoms with E-state index in [1.165, 1.54) is 5.56 Å². The van der Waals surface area contributed by atoms with E-state index in [0.717, 1.165) is 51.1 Å². The molecule has 1 saturated heterocycles. The molecule has 2 N–H and O–H groups in total. The highest BCUT2D eigenvalue weighted by Gasteiger charge is 2.33. The van der Waals surface area contributed by atoms with E-state index in [4.69, 9.17) is 5.73 Å². The number of carbonyl (C=O) groups excluding carboxylic acids is 2. The first-order valence-corrected chi connectivity index (χ1v) is 10.8. The van der Waals surface area contributed by atoms with Gasteiger partial charge in [0, 0.05) is 50.9 Å². The third-order valence-electron chi connectivity index (χ3n) is 5.97. The quantitative estimate of drug-likeness (QED) is 0.729. The lowest BCUT2D eigenvalue weighted by atomic mass is 10.1. The zero-order valence-electron chi connectivity index (χ0n) is 17.4. The van der Waals surface area contributed by atoms with Gasteiger partial charge in [-0.3, -0.25) is 19.4 Å². The molecule has 0 bridgehead atoms. The second-order valence-corrected chi connectivity index (χ2v) is 8.35. The molecule has 6 heteroatoms. The van der Waals surface area contributed by atoms with Crippen molar-refractivity contribution in [1.82, 2.24) is 14.7 Å². The van der Waals surface area contributed by atoms with Crippen LogP contribution in [0.4, 0.5) is 0 Å². The normalized spacial score (nSPS) is 17.6. The van der Waals surface area contributed by atoms with Gasteiger partial charge in [0.25, 0.3) is 0 Å². The summed E-state index contributed by atoms with van der Waals surface area (Å²) in [6.45, 7) is 5.86. The van der Waals surface area contributed by atoms with Crippen LogP contribution in [-0.4, -0.2) is 65.3 Å². The number of nitrogens with zero attached hydrogens (tertiary/aromatic N) is 3. The standard InChI is InChI=1S/C24H30N4O2/c25-24(30)21-8-6-20(7-9-21)17-28(22-10-11-22)23(29)18-27-14-12-26(13-15-27)16-19-4-2-1-3-5-19/h1-9,22H,10-18H2,(H2,25,30). The van der Waals surface area contributed by atoms with Crippen molar-refractivity contribution in [2.75, 3.05) is 32.7 Å². The van der Waals surface area contributed by atoms with Gasteiger partial charge in [0.2, 0.25) is 11.8 Å². The van der Waals surface area contributed by atoms with Gasteiger partial charge in [0.05, 0.1) is 6.54 Å². The van der Waals surface area contributed by atoms with Gasteiger partial charge in [-0.15, -0.1) is 0 Å². The van der Waals surface area contributed by atoms with Crippen LogP contribution in [0, 0.1) is 0 Å². The molecule has 2 fully saturated rings. The fraction of sp³-hybridized carbons (Fsp3) is 0.417. The van der Waals surface area contributed by atoms with Crippen molar-refractivity contribution < 1.29 is 9.59 Å². The van der Waals surface area contributed by atoms with Crippen LogP contribution in [0.25, 0.3) is 0 Å². The maximum atomic E-state index is 13.0. The minimum Gasteiger partial charge on any atom is -0.366 e. The molecule has 1 aliphatic carbocycles. The van der Waals surface area contributed by atoms with E-state index in [-0.39, 0.29) is 5.91 Å². The smallest absolute Gasteiger partial charge is 0.248 e. The zero-order chi connectivity index (χ0) is 20.9. The van der Waals surface area contributed by atoms with Gasteiger partial charge in [-0.05, 0) is 36.1 Å². The Kier molecular flexibility index (Phi) is 6.45. The fourth-order valence-electron chi connectivity index (χ4n) is 4.01. The summed E-state index contributed by atoms with van der Waals surface area (Å²) in [6, 6.07) is 18.2. The van der Waals surface area contributed by atoms with Crippen molar-refractivity contribution in [2.45, 2.75) is 32.0 Å². The lowest BCUT2D eigenvalue weighted by molar-refractivity contribution is -0.134. The lowest BCUT2D eigenvalue weighted by Crippen LogP contribution is -2.50. The summed E-state index contributed by atoms with van der Waals surface area (Å²) < 4.78 is 0. The number of nitrogens with two attached hydrogens (primary N) is 1. The Morgan fingerprint density at radius 2 is 1.50 bits per heavy atom. The summed E-state index contributed by atoms with van der Waals surface area (Å²) in [5, 5.41) is 0. The van der Waals surface area contributed by atoms with Gasteiger partial charge in [0.15, 0.2) is 0 Å². The Labute approximate surface area is 178 Å². The van der Waals surface area contributed by atoms with Gasteiger partial charge >= 0.3 is 0 Å². The Morgan fingerprint density at radius 3 is 2.10 bits per heavy atom. The lowest BCUT2D eigenvalue weighted by Gasteiger charge is -2.35. The molecule has 2 amide bonds. The van der Waals surface area contributed by atoms with E-state index >= 15 is 0 Å². The van der Waals surface area contributed by atoms with E-state index in [1.54, 1.807) is 12.1 Å². The molecular formula is C24H30N4O2. The Hall–Kier alpha value is -2.70. The third-order valence-corrected chi connectivity index (χ3v) is 5.97. The van der Waals surface area contributed by atoms with E-state index in [9.17, 15) is 9.59 Å². The van der Waals surface area contributed by atoms with Crippen molar-refractivity contribution in [2.24, 2.45) is 5.73 Å². The van der Waals surface area contributed by atoms with Crippen molar-refractivity contribution in [3.8, 4) is 0 Å². The second-order valence-electron chi connectivity index (χ2n) is 8.35. The molecule has 0 spiro atoms. The molecular weight excluding hydrogens is 376 g/mol. The number of piperazine rings is 1. The molecule has 0 unspecified atom stereocenters. The van der Waals surface area contributed by atoms with Crippen LogP contribution < -0.4 is 5.73 Å². The number of hydrogen-bond acceptors (Lipinski definition) is 4. The van der Waals surface area contributed by atoms with Crippen LogP contribution in [0.15, 0.2) is 54.6 Å². The largest absolute Gasteiger partial charge is 0.366 e. The first-order valence-electron chi connectivity index (χ1n) is 10.8. The number of benzene rings is 2. The van der Waals surface area contributed by atoms with Crippen molar-refractivity contribution in [1.29, 1.82) is 0 Å². The predicted octanol–water partition coefficient (Wildman–Crippen LogP) is 2.09. The molecule has 2 aromatic rings. The van der Waals surface area contributed by atoms with Crippen LogP contribution in [0.2, 0.25) is 0 Å². The molecule has 1 saturated carbocycles. The second kappa shape index (κ2) is 9.41. The predicted molar refractivity (Wildman–Crippen MR) is 117 cm³/mol. The monoisotopic (exact) mass is 406 g/mol. The number of carbonyl (C=O) groups is 2. The first kappa shape index (κ1) is 20.6. The molecule has 6 nitrogen and oxygen atoms in total. The van der Waals surface area contributed by atoms with Crippen molar-refractivity contribution in [3.05, 3.63) is 71.3 Å². The summed E-state index contributed by atoms with van der Waals surface area (Å²) in [5.74, 6) is -0.226. The molecule has 4 rings (SSSR count). The Balaban J connectivity index is 1.28. The van der Waals surface area contributed by atoms with E-state index < -0.39 is 5.91 Å². The molecule has 30 heavy (non-hydrogen) atoms. The zero-order valence-corrected chi connectivity index (χ0v) is 17.4. The van der Waals surface area contributed by atoms with E-state index in [1.807, 2.05) is 23.1 Å². The van der Waals surface area contributed by atoms with Gasteiger partial charge in [-0.2, -0.15) is 0 Å². The SMILES string of the molecule is NC(=O)c1ccc(CN(C(=O)CN2CCN(Cc3ccccc3)CC2)C2CC2)cc1. The average Bonchev–Trinajstić information content (AvgIpc) is 3.59. The van der Waals surface area contributed by atoms with Crippen LogP contribution in [0.3, 0.4) is 0 Å². The summed E-state index contributed by atoms with van der Waals surface area (Å²) in [4.78, 5) is 31.0. The Morgan fingerprint density at radius 1 is 0.867 bits per heavy atom. The summed E-state index contributed by atoms with van der Waals surface area (Å²) in [5.41, 5.74) is 8.19. The summed E-state index contributed by atoms with van der Waals surface area (Å²) >= 11 is 0. The average molecular weight is 407 g/mol. The minimum absolute atomic E-state index is 0.202. The van der Waals surface area contributed by atoms with Crippen LogP contribution >= 0.6 is 0 Å². The molecule has 0 atom stereocenters. The molecule has 158 valence electrons. The highest BCUT2D eigenvalue weighted by atomic mass is 16.2. The van der Waals surface area contributed by atoms with Crippen LogP contribution in [0.1, 0.15) is 34.3 Å². The highest BCUT2D eigenvalue weighted by Crippen LogP contribution is 2.28. The van der Waals surface area contributed by atoms with Gasteiger partial charge in [0.1, 0.15) is 0 Å². The number of primary amides is 1. The molecule has 0 aromatic heterocycles. The third kappa shape index (κ3) is 5.46. The van der Waals surface area contributed by atoms with Crippen LogP contribution in [-0.2, 0) is 17.9 Å². The van der Waals surface area contributed by atoms with Crippen molar-refractivity contribution in [3.63, 3.8) is 0 Å². The van der Waals surface area contributed by atoms with Gasteiger partial charge < -0.3 is 10.6 Å². The molecule has 2 aromatic carbocycles. The van der Waals surface area contributed by atoms with E-state index in [2.05, 4.69) is 34.1 Å². The summed E-state index contributed by atoms with van der Waals surface area (Å²) in [7, 11) is 0. The van der Waals surface area contributed by atoms with Crippen LogP contribution in [0.5, 0.6) is 0 Å². The number of rotatable bonds is 8. The Bertz CT molecular complexity index is 857. The minimum atomic E-state index is -0.428. The topological polar surface area (TPSA) is 69.9 Å².